The second kappa shape index (κ2) is 3.56. The van der Waals surface area contributed by atoms with E-state index in [-0.39, 0.29) is 0 Å². The molecule has 1 fully saturated rings. The molecule has 84 valence electrons. The van der Waals surface area contributed by atoms with Crippen molar-refractivity contribution >= 4 is 6.72 Å². The van der Waals surface area contributed by atoms with Crippen molar-refractivity contribution < 1.29 is 4.58 Å². The van der Waals surface area contributed by atoms with Gasteiger partial charge in [-0.3, -0.25) is 0 Å². The van der Waals surface area contributed by atoms with E-state index >= 15 is 0 Å². The molecule has 2 nitrogen and oxygen atoms in total. The van der Waals surface area contributed by atoms with Crippen molar-refractivity contribution in [2.75, 3.05) is 26.7 Å². The fourth-order valence-electron chi connectivity index (χ4n) is 2.68. The number of fused-ring (bicyclic) bond motifs is 1. The summed E-state index contributed by atoms with van der Waals surface area (Å²) in [6.45, 7) is 7.27. The van der Waals surface area contributed by atoms with Gasteiger partial charge < -0.3 is 9.48 Å². The average molecular weight is 213 g/mol. The summed E-state index contributed by atoms with van der Waals surface area (Å²) >= 11 is 0. The molecule has 1 aliphatic carbocycles. The van der Waals surface area contributed by atoms with Gasteiger partial charge >= 0.3 is 0 Å². The Morgan fingerprint density at radius 2 is 2.44 bits per heavy atom. The van der Waals surface area contributed by atoms with Crippen LogP contribution in [0.25, 0.3) is 0 Å². The Hall–Kier alpha value is -1.41. The van der Waals surface area contributed by atoms with Crippen LogP contribution < -0.4 is 0 Å². The maximum Gasteiger partial charge on any atom is 0.124 e. The third-order valence-electron chi connectivity index (χ3n) is 3.56. The van der Waals surface area contributed by atoms with Crippen molar-refractivity contribution in [3.63, 3.8) is 0 Å². The largest absolute Gasteiger partial charge is 0.309 e. The van der Waals surface area contributed by atoms with Crippen LogP contribution in [0.5, 0.6) is 0 Å². The molecule has 0 saturated carbocycles. The normalized spacial score (nSPS) is 24.9. The van der Waals surface area contributed by atoms with E-state index in [0.717, 1.165) is 26.1 Å². The van der Waals surface area contributed by atoms with Gasteiger partial charge in [-0.15, -0.1) is 11.6 Å². The number of nitrogens with zero attached hydrogens (tertiary/aromatic N) is 2. The van der Waals surface area contributed by atoms with Crippen LogP contribution in [-0.2, 0) is 0 Å². The smallest absolute Gasteiger partial charge is 0.124 e. The predicted molar refractivity (Wildman–Crippen MR) is 66.2 cm³/mol. The molecule has 0 spiro atoms. The molecule has 2 heterocycles. The maximum atomic E-state index is 4.06. The van der Waals surface area contributed by atoms with Crippen LogP contribution in [0.3, 0.4) is 0 Å². The second-order valence-electron chi connectivity index (χ2n) is 4.74. The minimum absolute atomic E-state index is 1.05. The van der Waals surface area contributed by atoms with Crippen molar-refractivity contribution in [3.8, 4) is 0 Å². The van der Waals surface area contributed by atoms with Gasteiger partial charge in [0.1, 0.15) is 6.54 Å². The first-order chi connectivity index (χ1) is 7.75. The molecule has 0 atom stereocenters. The number of hydrogen-bond donors (Lipinski definition) is 0. The summed E-state index contributed by atoms with van der Waals surface area (Å²) in [7, 11) is 2.17. The van der Waals surface area contributed by atoms with Crippen molar-refractivity contribution in [2.45, 2.75) is 6.42 Å². The molecular weight excluding hydrogens is 196 g/mol. The lowest BCUT2D eigenvalue weighted by Gasteiger charge is -2.31. The van der Waals surface area contributed by atoms with Crippen molar-refractivity contribution in [1.82, 2.24) is 4.90 Å². The SMILES string of the molecule is C=[N+]1CCC2=C(C3=CCN(C)C3)[CH-]C=C[C-]21. The number of likely N-dealkylation sites (N-methyl/N-ethyl adjacent to an activating group) is 1. The number of rotatable bonds is 1. The summed E-state index contributed by atoms with van der Waals surface area (Å²) in [5, 5.41) is 0. The van der Waals surface area contributed by atoms with Gasteiger partial charge in [-0.2, -0.15) is 11.6 Å². The Balaban J connectivity index is 1.95. The minimum Gasteiger partial charge on any atom is -0.309 e. The third-order valence-corrected chi connectivity index (χ3v) is 3.56. The number of allylic oxidation sites excluding steroid dienone is 1. The van der Waals surface area contributed by atoms with Gasteiger partial charge in [-0.1, -0.05) is 0 Å². The second-order valence-corrected chi connectivity index (χ2v) is 4.74. The molecule has 0 amide bonds. The fourth-order valence-corrected chi connectivity index (χ4v) is 2.68. The van der Waals surface area contributed by atoms with Gasteiger partial charge in [-0.25, -0.2) is 18.1 Å². The van der Waals surface area contributed by atoms with E-state index in [9.17, 15) is 0 Å². The molecule has 0 aromatic heterocycles. The molecular formula is C14H17N2-. The minimum atomic E-state index is 1.05. The molecule has 2 aliphatic heterocycles. The first-order valence-electron chi connectivity index (χ1n) is 5.83. The van der Waals surface area contributed by atoms with E-state index in [1.54, 1.807) is 0 Å². The summed E-state index contributed by atoms with van der Waals surface area (Å²) < 4.78 is 2.11. The molecule has 2 heteroatoms. The summed E-state index contributed by atoms with van der Waals surface area (Å²) in [5.41, 5.74) is 4.40. The van der Waals surface area contributed by atoms with Crippen LogP contribution in [-0.4, -0.2) is 42.9 Å². The van der Waals surface area contributed by atoms with Gasteiger partial charge in [0, 0.05) is 12.6 Å². The highest BCUT2D eigenvalue weighted by Crippen LogP contribution is 2.37. The highest BCUT2D eigenvalue weighted by atomic mass is 15.1. The van der Waals surface area contributed by atoms with Crippen LogP contribution in [0.2, 0.25) is 0 Å². The predicted octanol–water partition coefficient (Wildman–Crippen LogP) is 1.58. The lowest BCUT2D eigenvalue weighted by atomic mass is 9.89. The Labute approximate surface area is 97.3 Å². The zero-order valence-corrected chi connectivity index (χ0v) is 9.74. The molecule has 0 bridgehead atoms. The molecule has 0 N–H and O–H groups in total. The Kier molecular flexibility index (Phi) is 2.18. The zero-order valence-electron chi connectivity index (χ0n) is 9.74. The molecule has 16 heavy (non-hydrogen) atoms. The van der Waals surface area contributed by atoms with Gasteiger partial charge in [0.2, 0.25) is 0 Å². The molecule has 0 unspecified atom stereocenters. The van der Waals surface area contributed by atoms with Gasteiger partial charge in [0.25, 0.3) is 0 Å². The highest BCUT2D eigenvalue weighted by Gasteiger charge is 2.23. The maximum absolute atomic E-state index is 4.06. The van der Waals surface area contributed by atoms with E-state index in [4.69, 9.17) is 0 Å². The summed E-state index contributed by atoms with van der Waals surface area (Å²) in [6, 6.07) is 1.31. The van der Waals surface area contributed by atoms with Crippen molar-refractivity contribution in [1.29, 1.82) is 0 Å². The molecule has 0 aromatic carbocycles. The first kappa shape index (κ1) is 9.79. The molecule has 3 aliphatic rings. The van der Waals surface area contributed by atoms with Crippen LogP contribution in [0.4, 0.5) is 0 Å². The molecule has 1 saturated heterocycles. The third kappa shape index (κ3) is 1.41. The van der Waals surface area contributed by atoms with Crippen molar-refractivity contribution in [3.05, 3.63) is 47.4 Å². The van der Waals surface area contributed by atoms with E-state index in [1.807, 2.05) is 0 Å². The lowest BCUT2D eigenvalue weighted by molar-refractivity contribution is -0.475. The summed E-state index contributed by atoms with van der Waals surface area (Å²) in [4.78, 5) is 2.34. The van der Waals surface area contributed by atoms with Gasteiger partial charge in [-0.05, 0) is 20.0 Å². The van der Waals surface area contributed by atoms with Crippen LogP contribution in [0, 0.1) is 12.5 Å². The number of hydrogen-bond acceptors (Lipinski definition) is 1. The van der Waals surface area contributed by atoms with Gasteiger partial charge in [0.15, 0.2) is 0 Å². The van der Waals surface area contributed by atoms with Crippen LogP contribution in [0.15, 0.2) is 34.9 Å². The van der Waals surface area contributed by atoms with E-state index in [1.165, 1.54) is 22.8 Å². The quantitative estimate of drug-likeness (QED) is 0.473. The Bertz CT molecular complexity index is 426. The average Bonchev–Trinajstić information content (AvgIpc) is 2.86. The first-order valence-corrected chi connectivity index (χ1v) is 5.83. The van der Waals surface area contributed by atoms with Crippen LogP contribution >= 0.6 is 0 Å². The highest BCUT2D eigenvalue weighted by molar-refractivity contribution is 5.55. The Morgan fingerprint density at radius 1 is 1.56 bits per heavy atom. The molecule has 0 aromatic rings. The monoisotopic (exact) mass is 213 g/mol. The standard InChI is InChI=1S/C14H17N2/c1-15-8-6-11(10-15)12-4-3-5-14-13(12)7-9-16(14)2/h3-6H,2,7-10H2,1H3/q-1. The van der Waals surface area contributed by atoms with Gasteiger partial charge in [0.05, 0.1) is 6.72 Å². The summed E-state index contributed by atoms with van der Waals surface area (Å²) in [5.74, 6) is 0. The zero-order chi connectivity index (χ0) is 11.1. The van der Waals surface area contributed by atoms with Crippen molar-refractivity contribution in [2.24, 2.45) is 0 Å². The van der Waals surface area contributed by atoms with E-state index in [0.29, 0.717) is 0 Å². The molecule has 3 rings (SSSR count). The van der Waals surface area contributed by atoms with E-state index < -0.39 is 0 Å². The van der Waals surface area contributed by atoms with Crippen LogP contribution in [0.1, 0.15) is 6.42 Å². The lowest BCUT2D eigenvalue weighted by Crippen LogP contribution is -2.16. The summed E-state index contributed by atoms with van der Waals surface area (Å²) in [6.07, 6.45) is 10.1. The van der Waals surface area contributed by atoms with E-state index in [2.05, 4.69) is 47.9 Å². The fraction of sp³-hybridized carbons (Fsp3) is 0.357. The molecule has 0 radical (unpaired) electrons. The Morgan fingerprint density at radius 3 is 3.19 bits per heavy atom. The topological polar surface area (TPSA) is 6.25 Å².